The maximum Gasteiger partial charge on any atom is 0.0797 e. The van der Waals surface area contributed by atoms with Gasteiger partial charge in [0, 0.05) is 11.3 Å². The number of hydrogen-bond donors (Lipinski definition) is 1. The summed E-state index contributed by atoms with van der Waals surface area (Å²) in [5.74, 6) is 0. The van der Waals surface area contributed by atoms with E-state index < -0.39 is 0 Å². The number of nitrogens with two attached hydrogens (primary N) is 1. The number of aromatic nitrogens is 1. The van der Waals surface area contributed by atoms with E-state index in [4.69, 9.17) is 5.73 Å². The van der Waals surface area contributed by atoms with Gasteiger partial charge in [-0.05, 0) is 13.0 Å². The molecule has 0 atom stereocenters. The SMILES string of the molecule is CCc1scnc1CCN. The average Bonchev–Trinajstić information content (AvgIpc) is 2.36. The first-order valence-corrected chi connectivity index (χ1v) is 4.37. The highest BCUT2D eigenvalue weighted by Crippen LogP contribution is 2.13. The molecule has 1 heterocycles. The van der Waals surface area contributed by atoms with Gasteiger partial charge >= 0.3 is 0 Å². The van der Waals surface area contributed by atoms with Crippen molar-refractivity contribution in [3.05, 3.63) is 16.1 Å². The van der Waals surface area contributed by atoms with Gasteiger partial charge in [-0.2, -0.15) is 0 Å². The molecule has 0 radical (unpaired) electrons. The largest absolute Gasteiger partial charge is 0.330 e. The number of aryl methyl sites for hydroxylation is 1. The van der Waals surface area contributed by atoms with E-state index in [1.54, 1.807) is 11.3 Å². The summed E-state index contributed by atoms with van der Waals surface area (Å²) in [5.41, 5.74) is 8.49. The summed E-state index contributed by atoms with van der Waals surface area (Å²) in [6.45, 7) is 2.85. The zero-order valence-electron chi connectivity index (χ0n) is 6.13. The van der Waals surface area contributed by atoms with Crippen molar-refractivity contribution in [3.8, 4) is 0 Å². The van der Waals surface area contributed by atoms with Gasteiger partial charge in [0.2, 0.25) is 0 Å². The predicted octanol–water partition coefficient (Wildman–Crippen LogP) is 1.21. The minimum absolute atomic E-state index is 0.705. The van der Waals surface area contributed by atoms with E-state index in [9.17, 15) is 0 Å². The summed E-state index contributed by atoms with van der Waals surface area (Å²) >= 11 is 1.72. The highest BCUT2D eigenvalue weighted by atomic mass is 32.1. The maximum atomic E-state index is 5.41. The molecule has 0 aliphatic carbocycles. The number of rotatable bonds is 3. The average molecular weight is 156 g/mol. The molecule has 2 N–H and O–H groups in total. The molecule has 0 amide bonds. The topological polar surface area (TPSA) is 38.9 Å². The van der Waals surface area contributed by atoms with Crippen molar-refractivity contribution in [2.24, 2.45) is 5.73 Å². The zero-order chi connectivity index (χ0) is 7.40. The van der Waals surface area contributed by atoms with Crippen LogP contribution in [0.5, 0.6) is 0 Å². The minimum Gasteiger partial charge on any atom is -0.330 e. The first-order chi connectivity index (χ1) is 4.88. The molecule has 0 aliphatic heterocycles. The van der Waals surface area contributed by atoms with Crippen LogP contribution in [0, 0.1) is 0 Å². The van der Waals surface area contributed by atoms with Gasteiger partial charge in [-0.15, -0.1) is 11.3 Å². The molecular formula is C7H12N2S. The lowest BCUT2D eigenvalue weighted by Gasteiger charge is -1.94. The Morgan fingerprint density at radius 2 is 2.50 bits per heavy atom. The molecule has 0 saturated heterocycles. The molecular weight excluding hydrogens is 144 g/mol. The summed E-state index contributed by atoms with van der Waals surface area (Å²) < 4.78 is 0. The van der Waals surface area contributed by atoms with E-state index in [1.807, 2.05) is 5.51 Å². The Balaban J connectivity index is 2.70. The second kappa shape index (κ2) is 3.68. The summed E-state index contributed by atoms with van der Waals surface area (Å²) in [6.07, 6.45) is 2.01. The lowest BCUT2D eigenvalue weighted by atomic mass is 10.2. The van der Waals surface area contributed by atoms with Crippen molar-refractivity contribution in [3.63, 3.8) is 0 Å². The fourth-order valence-corrected chi connectivity index (χ4v) is 1.69. The quantitative estimate of drug-likeness (QED) is 0.714. The molecule has 10 heavy (non-hydrogen) atoms. The van der Waals surface area contributed by atoms with Crippen LogP contribution >= 0.6 is 11.3 Å². The number of nitrogens with zero attached hydrogens (tertiary/aromatic N) is 1. The van der Waals surface area contributed by atoms with Crippen LogP contribution in [0.1, 0.15) is 17.5 Å². The van der Waals surface area contributed by atoms with E-state index in [1.165, 1.54) is 10.6 Å². The van der Waals surface area contributed by atoms with Gasteiger partial charge in [0.1, 0.15) is 0 Å². The molecule has 0 fully saturated rings. The van der Waals surface area contributed by atoms with E-state index in [-0.39, 0.29) is 0 Å². The standard InChI is InChI=1S/C7H12N2S/c1-2-7-6(3-4-8)9-5-10-7/h5H,2-4,8H2,1H3. The van der Waals surface area contributed by atoms with Crippen LogP contribution in [0.15, 0.2) is 5.51 Å². The number of hydrogen-bond acceptors (Lipinski definition) is 3. The summed E-state index contributed by atoms with van der Waals surface area (Å²) in [5, 5.41) is 0. The van der Waals surface area contributed by atoms with Gasteiger partial charge in [0.05, 0.1) is 11.2 Å². The second-order valence-corrected chi connectivity index (χ2v) is 3.05. The van der Waals surface area contributed by atoms with Crippen LogP contribution in [0.4, 0.5) is 0 Å². The van der Waals surface area contributed by atoms with Crippen molar-refractivity contribution in [2.45, 2.75) is 19.8 Å². The van der Waals surface area contributed by atoms with Crippen LogP contribution in [0.3, 0.4) is 0 Å². The lowest BCUT2D eigenvalue weighted by molar-refractivity contribution is 0.913. The Kier molecular flexibility index (Phi) is 2.83. The Hall–Kier alpha value is -0.410. The van der Waals surface area contributed by atoms with E-state index in [2.05, 4.69) is 11.9 Å². The third-order valence-electron chi connectivity index (χ3n) is 1.43. The van der Waals surface area contributed by atoms with Crippen molar-refractivity contribution >= 4 is 11.3 Å². The normalized spacial score (nSPS) is 10.2. The van der Waals surface area contributed by atoms with E-state index in [0.717, 1.165) is 12.8 Å². The first kappa shape index (κ1) is 7.69. The van der Waals surface area contributed by atoms with Crippen LogP contribution < -0.4 is 5.73 Å². The van der Waals surface area contributed by atoms with Gasteiger partial charge < -0.3 is 5.73 Å². The van der Waals surface area contributed by atoms with E-state index in [0.29, 0.717) is 6.54 Å². The molecule has 0 spiro atoms. The monoisotopic (exact) mass is 156 g/mol. The molecule has 1 rings (SSSR count). The molecule has 3 heteroatoms. The lowest BCUT2D eigenvalue weighted by Crippen LogP contribution is -2.04. The third-order valence-corrected chi connectivity index (χ3v) is 2.45. The van der Waals surface area contributed by atoms with Gasteiger partial charge in [-0.25, -0.2) is 4.98 Å². The molecule has 0 saturated carbocycles. The molecule has 0 aromatic carbocycles. The van der Waals surface area contributed by atoms with Crippen molar-refractivity contribution < 1.29 is 0 Å². The van der Waals surface area contributed by atoms with Crippen LogP contribution in [0.2, 0.25) is 0 Å². The molecule has 2 nitrogen and oxygen atoms in total. The fourth-order valence-electron chi connectivity index (χ4n) is 0.922. The third kappa shape index (κ3) is 1.55. The van der Waals surface area contributed by atoms with Crippen molar-refractivity contribution in [1.29, 1.82) is 0 Å². The smallest absolute Gasteiger partial charge is 0.0797 e. The van der Waals surface area contributed by atoms with Crippen LogP contribution in [-0.2, 0) is 12.8 Å². The summed E-state index contributed by atoms with van der Waals surface area (Å²) in [7, 11) is 0. The van der Waals surface area contributed by atoms with Crippen LogP contribution in [0.25, 0.3) is 0 Å². The zero-order valence-corrected chi connectivity index (χ0v) is 6.95. The van der Waals surface area contributed by atoms with Crippen molar-refractivity contribution in [2.75, 3.05) is 6.54 Å². The molecule has 1 aromatic heterocycles. The maximum absolute atomic E-state index is 5.41. The van der Waals surface area contributed by atoms with Gasteiger partial charge in [0.15, 0.2) is 0 Å². The molecule has 0 unspecified atom stereocenters. The Morgan fingerprint density at radius 3 is 3.10 bits per heavy atom. The second-order valence-electron chi connectivity index (χ2n) is 2.11. The number of thiazole rings is 1. The highest BCUT2D eigenvalue weighted by Gasteiger charge is 2.00. The summed E-state index contributed by atoms with van der Waals surface area (Å²) in [4.78, 5) is 5.60. The predicted molar refractivity (Wildman–Crippen MR) is 44.3 cm³/mol. The van der Waals surface area contributed by atoms with E-state index >= 15 is 0 Å². The molecule has 0 aliphatic rings. The Morgan fingerprint density at radius 1 is 1.70 bits per heavy atom. The Bertz CT molecular complexity index is 195. The molecule has 0 bridgehead atoms. The van der Waals surface area contributed by atoms with Crippen molar-refractivity contribution in [1.82, 2.24) is 4.98 Å². The summed E-state index contributed by atoms with van der Waals surface area (Å²) in [6, 6.07) is 0. The molecule has 56 valence electrons. The highest BCUT2D eigenvalue weighted by molar-refractivity contribution is 7.09. The molecule has 1 aromatic rings. The minimum atomic E-state index is 0.705. The van der Waals surface area contributed by atoms with Gasteiger partial charge in [0.25, 0.3) is 0 Å². The van der Waals surface area contributed by atoms with Gasteiger partial charge in [-0.3, -0.25) is 0 Å². The van der Waals surface area contributed by atoms with Gasteiger partial charge in [-0.1, -0.05) is 6.92 Å². The first-order valence-electron chi connectivity index (χ1n) is 3.49. The fraction of sp³-hybridized carbons (Fsp3) is 0.571. The van der Waals surface area contributed by atoms with Crippen LogP contribution in [-0.4, -0.2) is 11.5 Å². The Labute approximate surface area is 65.1 Å².